The average Bonchev–Trinajstić information content (AvgIpc) is 2.65. The van der Waals surface area contributed by atoms with Crippen molar-refractivity contribution in [2.45, 2.75) is 0 Å². The van der Waals surface area contributed by atoms with Crippen LogP contribution in [0.2, 0.25) is 0 Å². The molecule has 0 saturated carbocycles. The van der Waals surface area contributed by atoms with Crippen LogP contribution < -0.4 is 20.7 Å². The van der Waals surface area contributed by atoms with Crippen molar-refractivity contribution in [3.63, 3.8) is 0 Å². The summed E-state index contributed by atoms with van der Waals surface area (Å²) in [4.78, 5) is 46.8. The third-order valence-corrected chi connectivity index (χ3v) is 4.86. The average molecular weight is 523 g/mol. The van der Waals surface area contributed by atoms with Crippen molar-refractivity contribution < 1.29 is 23.9 Å². The van der Waals surface area contributed by atoms with Gasteiger partial charge in [-0.2, -0.15) is 0 Å². The van der Waals surface area contributed by atoms with Gasteiger partial charge in [0, 0.05) is 5.69 Å². The molecule has 3 N–H and O–H groups in total. The van der Waals surface area contributed by atoms with Crippen LogP contribution in [0, 0.1) is 0 Å². The molecule has 1 saturated heterocycles. The first-order chi connectivity index (χ1) is 13.8. The number of carbonyl (C=O) groups excluding carboxylic acids is 4. The Morgan fingerprint density at radius 3 is 2.17 bits per heavy atom. The number of urea groups is 1. The SMILES string of the molecule is O=C(COc1c(Br)cc(C=C2C(=O)NC(=O)NC2=O)cc1Br)Nc1ccccc1. The van der Waals surface area contributed by atoms with Gasteiger partial charge in [0.1, 0.15) is 11.3 Å². The Balaban J connectivity index is 1.72. The first-order valence-electron chi connectivity index (χ1n) is 8.18. The second-order valence-electron chi connectivity index (χ2n) is 5.81. The van der Waals surface area contributed by atoms with Crippen LogP contribution in [0.25, 0.3) is 6.08 Å². The molecular weight excluding hydrogens is 510 g/mol. The van der Waals surface area contributed by atoms with Gasteiger partial charge in [0.25, 0.3) is 17.7 Å². The maximum atomic E-state index is 12.0. The minimum atomic E-state index is -0.864. The van der Waals surface area contributed by atoms with Crippen LogP contribution in [-0.4, -0.2) is 30.4 Å². The van der Waals surface area contributed by atoms with E-state index in [1.165, 1.54) is 6.08 Å². The van der Waals surface area contributed by atoms with Crippen molar-refractivity contribution in [3.8, 4) is 5.75 Å². The third kappa shape index (κ3) is 5.30. The van der Waals surface area contributed by atoms with Crippen LogP contribution in [0.1, 0.15) is 5.56 Å². The molecule has 10 heteroatoms. The molecule has 2 aromatic carbocycles. The smallest absolute Gasteiger partial charge is 0.328 e. The van der Waals surface area contributed by atoms with Gasteiger partial charge in [-0.05, 0) is 67.8 Å². The van der Waals surface area contributed by atoms with Gasteiger partial charge in [0.15, 0.2) is 6.61 Å². The molecule has 0 unspecified atom stereocenters. The van der Waals surface area contributed by atoms with E-state index in [-0.39, 0.29) is 18.1 Å². The maximum absolute atomic E-state index is 12.0. The number of para-hydroxylation sites is 1. The maximum Gasteiger partial charge on any atom is 0.328 e. The lowest BCUT2D eigenvalue weighted by Gasteiger charge is -2.15. The number of imide groups is 2. The van der Waals surface area contributed by atoms with Crippen molar-refractivity contribution in [1.82, 2.24) is 10.6 Å². The van der Waals surface area contributed by atoms with Crippen LogP contribution in [0.5, 0.6) is 5.75 Å². The first kappa shape index (κ1) is 20.7. The highest BCUT2D eigenvalue weighted by atomic mass is 79.9. The standard InChI is InChI=1S/C19H13Br2N3O5/c20-13-7-10(6-12-17(26)23-19(28)24-18(12)27)8-14(21)16(13)29-9-15(25)22-11-4-2-1-3-5-11/h1-8H,9H2,(H,22,25)(H2,23,24,26,27,28). The van der Waals surface area contributed by atoms with Gasteiger partial charge in [-0.3, -0.25) is 25.0 Å². The zero-order chi connectivity index (χ0) is 21.0. The zero-order valence-corrected chi connectivity index (χ0v) is 17.8. The molecule has 1 heterocycles. The number of benzene rings is 2. The lowest BCUT2D eigenvalue weighted by molar-refractivity contribution is -0.124. The summed E-state index contributed by atoms with van der Waals surface area (Å²) in [7, 11) is 0. The van der Waals surface area contributed by atoms with E-state index >= 15 is 0 Å². The molecule has 1 aliphatic rings. The Bertz CT molecular complexity index is 992. The van der Waals surface area contributed by atoms with Crippen molar-refractivity contribution in [2.75, 3.05) is 11.9 Å². The predicted octanol–water partition coefficient (Wildman–Crippen LogP) is 2.98. The van der Waals surface area contributed by atoms with Gasteiger partial charge in [0.2, 0.25) is 0 Å². The van der Waals surface area contributed by atoms with Crippen LogP contribution in [0.4, 0.5) is 10.5 Å². The summed E-state index contributed by atoms with van der Waals surface area (Å²) in [5.41, 5.74) is 0.947. The highest BCUT2D eigenvalue weighted by Gasteiger charge is 2.27. The molecule has 0 atom stereocenters. The second kappa shape index (κ2) is 9.01. The van der Waals surface area contributed by atoms with Gasteiger partial charge < -0.3 is 10.1 Å². The van der Waals surface area contributed by atoms with Crippen LogP contribution >= 0.6 is 31.9 Å². The number of rotatable bonds is 5. The topological polar surface area (TPSA) is 114 Å². The Hall–Kier alpha value is -2.98. The molecule has 29 heavy (non-hydrogen) atoms. The number of halogens is 2. The highest BCUT2D eigenvalue weighted by Crippen LogP contribution is 2.35. The molecule has 2 aromatic rings. The first-order valence-corrected chi connectivity index (χ1v) is 9.77. The minimum absolute atomic E-state index is 0.209. The lowest BCUT2D eigenvalue weighted by Crippen LogP contribution is -2.51. The number of barbiturate groups is 1. The summed E-state index contributed by atoms with van der Waals surface area (Å²) in [6.45, 7) is -0.223. The quantitative estimate of drug-likeness (QED) is 0.412. The Morgan fingerprint density at radius 2 is 1.59 bits per heavy atom. The third-order valence-electron chi connectivity index (χ3n) is 3.68. The fraction of sp³-hybridized carbons (Fsp3) is 0.0526. The molecule has 148 valence electrons. The summed E-state index contributed by atoms with van der Waals surface area (Å²) >= 11 is 6.70. The largest absolute Gasteiger partial charge is 0.481 e. The summed E-state index contributed by atoms with van der Waals surface area (Å²) < 4.78 is 6.57. The fourth-order valence-electron chi connectivity index (χ4n) is 2.43. The summed E-state index contributed by atoms with van der Waals surface area (Å²) in [6, 6.07) is 11.3. The highest BCUT2D eigenvalue weighted by molar-refractivity contribution is 9.11. The second-order valence-corrected chi connectivity index (χ2v) is 7.52. The van der Waals surface area contributed by atoms with Crippen LogP contribution in [-0.2, 0) is 14.4 Å². The van der Waals surface area contributed by atoms with Crippen LogP contribution in [0.3, 0.4) is 0 Å². The molecule has 1 aliphatic heterocycles. The summed E-state index contributed by atoms with van der Waals surface area (Å²) in [6.07, 6.45) is 1.33. The molecule has 0 spiro atoms. The monoisotopic (exact) mass is 521 g/mol. The number of hydrogen-bond donors (Lipinski definition) is 3. The van der Waals surface area contributed by atoms with Crippen LogP contribution in [0.15, 0.2) is 57.0 Å². The molecule has 0 aromatic heterocycles. The Morgan fingerprint density at radius 1 is 1.00 bits per heavy atom. The molecule has 0 aliphatic carbocycles. The van der Waals surface area contributed by atoms with Gasteiger partial charge in [0.05, 0.1) is 8.95 Å². The van der Waals surface area contributed by atoms with Crippen molar-refractivity contribution in [1.29, 1.82) is 0 Å². The van der Waals surface area contributed by atoms with Crippen molar-refractivity contribution in [2.24, 2.45) is 0 Å². The van der Waals surface area contributed by atoms with E-state index in [0.717, 1.165) is 0 Å². The van der Waals surface area contributed by atoms with Gasteiger partial charge in [-0.15, -0.1) is 0 Å². The van der Waals surface area contributed by atoms with Crippen molar-refractivity contribution >= 4 is 67.4 Å². The number of ether oxygens (including phenoxy) is 1. The zero-order valence-electron chi connectivity index (χ0n) is 14.6. The Labute approximate surface area is 181 Å². The number of amides is 5. The molecule has 8 nitrogen and oxygen atoms in total. The Kier molecular flexibility index (Phi) is 6.45. The number of nitrogens with one attached hydrogen (secondary N) is 3. The molecule has 0 radical (unpaired) electrons. The number of carbonyl (C=O) groups is 4. The van der Waals surface area contributed by atoms with E-state index in [4.69, 9.17) is 4.74 Å². The molecule has 3 rings (SSSR count). The molecule has 5 amide bonds. The predicted molar refractivity (Wildman–Crippen MR) is 112 cm³/mol. The normalized spacial score (nSPS) is 13.4. The van der Waals surface area contributed by atoms with Gasteiger partial charge in [-0.1, -0.05) is 18.2 Å². The van der Waals surface area contributed by atoms with Crippen molar-refractivity contribution in [3.05, 3.63) is 62.5 Å². The van der Waals surface area contributed by atoms with E-state index in [2.05, 4.69) is 37.2 Å². The number of anilines is 1. The summed E-state index contributed by atoms with van der Waals surface area (Å²) in [5, 5.41) is 6.71. The molecular formula is C19H13Br2N3O5. The van der Waals surface area contributed by atoms with E-state index in [1.54, 1.807) is 36.4 Å². The number of hydrogen-bond acceptors (Lipinski definition) is 5. The van der Waals surface area contributed by atoms with E-state index in [0.29, 0.717) is 25.9 Å². The fourth-order valence-corrected chi connectivity index (χ4v) is 3.88. The molecule has 1 fully saturated rings. The van der Waals surface area contributed by atoms with E-state index in [9.17, 15) is 19.2 Å². The summed E-state index contributed by atoms with van der Waals surface area (Å²) in [5.74, 6) is -1.53. The molecule has 0 bridgehead atoms. The van der Waals surface area contributed by atoms with E-state index < -0.39 is 17.8 Å². The lowest BCUT2D eigenvalue weighted by atomic mass is 10.1. The van der Waals surface area contributed by atoms with Gasteiger partial charge >= 0.3 is 6.03 Å². The van der Waals surface area contributed by atoms with E-state index in [1.807, 2.05) is 16.7 Å². The van der Waals surface area contributed by atoms with Gasteiger partial charge in [-0.25, -0.2) is 4.79 Å². The minimum Gasteiger partial charge on any atom is -0.481 e.